The first-order valence-electron chi connectivity index (χ1n) is 7.11. The Morgan fingerprint density at radius 3 is 2.95 bits per heavy atom. The van der Waals surface area contributed by atoms with Gasteiger partial charge in [0.15, 0.2) is 5.13 Å². The fourth-order valence-electron chi connectivity index (χ4n) is 2.77. The van der Waals surface area contributed by atoms with E-state index < -0.39 is 10.0 Å². The number of nitrogens with one attached hydrogen (secondary N) is 1. The summed E-state index contributed by atoms with van der Waals surface area (Å²) in [5, 5.41) is 1.65. The van der Waals surface area contributed by atoms with Crippen LogP contribution in [0.5, 0.6) is 0 Å². The second kappa shape index (κ2) is 5.96. The van der Waals surface area contributed by atoms with Crippen molar-refractivity contribution in [1.82, 2.24) is 9.71 Å². The molecule has 1 aromatic carbocycles. The number of nitrogens with zero attached hydrogens (tertiary/aromatic N) is 2. The number of aromatic nitrogens is 1. The van der Waals surface area contributed by atoms with Gasteiger partial charge in [0.05, 0.1) is 16.5 Å². The van der Waals surface area contributed by atoms with Gasteiger partial charge in [-0.3, -0.25) is 0 Å². The molecule has 3 rings (SSSR count). The van der Waals surface area contributed by atoms with E-state index in [-0.39, 0.29) is 6.04 Å². The van der Waals surface area contributed by atoms with E-state index >= 15 is 0 Å². The van der Waals surface area contributed by atoms with E-state index in [2.05, 4.69) is 9.62 Å². The lowest BCUT2D eigenvalue weighted by molar-refractivity contribution is 0.467. The molecule has 0 aliphatic carbocycles. The highest BCUT2D eigenvalue weighted by atomic mass is 35.5. The molecule has 120 valence electrons. The second-order valence-corrected chi connectivity index (χ2v) is 8.89. The third-order valence-corrected chi connectivity index (χ3v) is 6.06. The molecule has 1 saturated heterocycles. The average Bonchev–Trinajstić information content (AvgIpc) is 2.86. The van der Waals surface area contributed by atoms with Gasteiger partial charge >= 0.3 is 0 Å². The van der Waals surface area contributed by atoms with Crippen molar-refractivity contribution in [3.8, 4) is 0 Å². The Morgan fingerprint density at radius 2 is 2.23 bits per heavy atom. The van der Waals surface area contributed by atoms with Crippen molar-refractivity contribution in [1.29, 1.82) is 0 Å². The molecule has 1 aromatic heterocycles. The predicted molar refractivity (Wildman–Crippen MR) is 92.6 cm³/mol. The molecule has 1 N–H and O–H groups in total. The third-order valence-electron chi connectivity index (χ3n) is 3.81. The molecule has 8 heteroatoms. The molecule has 0 radical (unpaired) electrons. The molecular weight excluding hydrogens is 342 g/mol. The van der Waals surface area contributed by atoms with Crippen molar-refractivity contribution in [2.45, 2.75) is 25.8 Å². The van der Waals surface area contributed by atoms with Gasteiger partial charge in [0, 0.05) is 24.2 Å². The maximum absolute atomic E-state index is 11.4. The van der Waals surface area contributed by atoms with Crippen LogP contribution in [-0.4, -0.2) is 38.8 Å². The van der Waals surface area contributed by atoms with E-state index in [1.165, 1.54) is 6.26 Å². The van der Waals surface area contributed by atoms with Crippen LogP contribution >= 0.6 is 22.9 Å². The predicted octanol–water partition coefficient (Wildman–Crippen LogP) is 2.78. The molecular formula is C14H18ClN3O2S2. The number of fused-ring (bicyclic) bond motifs is 1. The van der Waals surface area contributed by atoms with Crippen LogP contribution in [0.25, 0.3) is 10.2 Å². The molecule has 2 aromatic rings. The smallest absolute Gasteiger partial charge is 0.209 e. The summed E-state index contributed by atoms with van der Waals surface area (Å²) >= 11 is 7.78. The number of rotatable bonds is 3. The fourth-order valence-corrected chi connectivity index (χ4v) is 4.78. The first kappa shape index (κ1) is 16.0. The van der Waals surface area contributed by atoms with E-state index in [1.807, 2.05) is 19.1 Å². The molecule has 22 heavy (non-hydrogen) atoms. The van der Waals surface area contributed by atoms with Gasteiger partial charge in [-0.2, -0.15) is 0 Å². The first-order chi connectivity index (χ1) is 10.3. The molecule has 0 amide bonds. The number of hydrogen-bond donors (Lipinski definition) is 1. The van der Waals surface area contributed by atoms with Gasteiger partial charge in [-0.05, 0) is 37.5 Å². The fraction of sp³-hybridized carbons (Fsp3) is 0.500. The summed E-state index contributed by atoms with van der Waals surface area (Å²) in [6.07, 6.45) is 3.01. The summed E-state index contributed by atoms with van der Waals surface area (Å²) in [5.41, 5.74) is 1.93. The monoisotopic (exact) mass is 359 g/mol. The van der Waals surface area contributed by atoms with Gasteiger partial charge in [-0.1, -0.05) is 22.9 Å². The molecule has 0 saturated carbocycles. The summed E-state index contributed by atoms with van der Waals surface area (Å²) in [6, 6.07) is 3.83. The van der Waals surface area contributed by atoms with Crippen LogP contribution in [0.3, 0.4) is 0 Å². The Kier molecular flexibility index (Phi) is 4.33. The number of aryl methyl sites for hydroxylation is 1. The number of benzene rings is 1. The molecule has 5 nitrogen and oxygen atoms in total. The number of piperidine rings is 1. The largest absolute Gasteiger partial charge is 0.346 e. The molecule has 2 heterocycles. The van der Waals surface area contributed by atoms with E-state index in [0.29, 0.717) is 6.54 Å². The van der Waals surface area contributed by atoms with Gasteiger partial charge in [0.25, 0.3) is 0 Å². The van der Waals surface area contributed by atoms with E-state index in [4.69, 9.17) is 16.6 Å². The van der Waals surface area contributed by atoms with Crippen molar-refractivity contribution in [3.63, 3.8) is 0 Å². The van der Waals surface area contributed by atoms with Crippen molar-refractivity contribution in [3.05, 3.63) is 22.7 Å². The van der Waals surface area contributed by atoms with Crippen LogP contribution in [0, 0.1) is 6.92 Å². The summed E-state index contributed by atoms with van der Waals surface area (Å²) < 4.78 is 26.6. The zero-order valence-corrected chi connectivity index (χ0v) is 14.9. The molecule has 1 aliphatic heterocycles. The number of halogens is 1. The van der Waals surface area contributed by atoms with Crippen LogP contribution < -0.4 is 9.62 Å². The van der Waals surface area contributed by atoms with Crippen LogP contribution in [0.1, 0.15) is 18.4 Å². The Morgan fingerprint density at radius 1 is 1.45 bits per heavy atom. The summed E-state index contributed by atoms with van der Waals surface area (Å²) in [4.78, 5) is 6.87. The minimum Gasteiger partial charge on any atom is -0.346 e. The maximum Gasteiger partial charge on any atom is 0.209 e. The van der Waals surface area contributed by atoms with Crippen LogP contribution in [-0.2, 0) is 10.0 Å². The zero-order chi connectivity index (χ0) is 15.9. The third kappa shape index (κ3) is 3.37. The molecule has 0 bridgehead atoms. The van der Waals surface area contributed by atoms with Crippen LogP contribution in [0.2, 0.25) is 5.02 Å². The highest BCUT2D eigenvalue weighted by Gasteiger charge is 2.24. The Balaban J connectivity index is 1.86. The zero-order valence-electron chi connectivity index (χ0n) is 12.5. The molecule has 0 spiro atoms. The highest BCUT2D eigenvalue weighted by Crippen LogP contribution is 2.34. The van der Waals surface area contributed by atoms with E-state index in [0.717, 1.165) is 45.3 Å². The normalized spacial score (nSPS) is 19.8. The van der Waals surface area contributed by atoms with Crippen molar-refractivity contribution >= 4 is 48.3 Å². The standard InChI is InChI=1S/C14H18ClN3O2S2/c1-9-11(15)5-6-12-13(9)16-14(21-12)18-7-3-4-10(8-18)17-22(2,19)20/h5-6,10,17H,3-4,7-8H2,1-2H3. The number of hydrogen-bond acceptors (Lipinski definition) is 5. The SMILES string of the molecule is Cc1c(Cl)ccc2sc(N3CCCC(NS(C)(=O)=O)C3)nc12. The van der Waals surface area contributed by atoms with E-state index in [1.54, 1.807) is 11.3 Å². The first-order valence-corrected chi connectivity index (χ1v) is 10.2. The molecule has 1 atom stereocenters. The summed E-state index contributed by atoms with van der Waals surface area (Å²) in [7, 11) is -3.18. The van der Waals surface area contributed by atoms with Crippen LogP contribution in [0.4, 0.5) is 5.13 Å². The number of anilines is 1. The molecule has 1 unspecified atom stereocenters. The van der Waals surface area contributed by atoms with Crippen molar-refractivity contribution in [2.24, 2.45) is 0 Å². The highest BCUT2D eigenvalue weighted by molar-refractivity contribution is 7.88. The van der Waals surface area contributed by atoms with Gasteiger partial charge in [0.1, 0.15) is 0 Å². The molecule has 1 fully saturated rings. The summed E-state index contributed by atoms with van der Waals surface area (Å²) in [6.45, 7) is 3.52. The van der Waals surface area contributed by atoms with Gasteiger partial charge in [0.2, 0.25) is 10.0 Å². The van der Waals surface area contributed by atoms with Crippen molar-refractivity contribution < 1.29 is 8.42 Å². The number of sulfonamides is 1. The maximum atomic E-state index is 11.4. The average molecular weight is 360 g/mol. The molecule has 1 aliphatic rings. The lowest BCUT2D eigenvalue weighted by atomic mass is 10.1. The van der Waals surface area contributed by atoms with Gasteiger partial charge in [-0.15, -0.1) is 0 Å². The Bertz CT molecular complexity index is 804. The topological polar surface area (TPSA) is 62.3 Å². The minimum absolute atomic E-state index is 0.0551. The Labute approximate surface area is 139 Å². The lowest BCUT2D eigenvalue weighted by Gasteiger charge is -2.32. The van der Waals surface area contributed by atoms with Gasteiger partial charge < -0.3 is 4.90 Å². The van der Waals surface area contributed by atoms with Gasteiger partial charge in [-0.25, -0.2) is 18.1 Å². The van der Waals surface area contributed by atoms with E-state index in [9.17, 15) is 8.42 Å². The van der Waals surface area contributed by atoms with Crippen molar-refractivity contribution in [2.75, 3.05) is 24.2 Å². The second-order valence-electron chi connectivity index (χ2n) is 5.69. The summed E-state index contributed by atoms with van der Waals surface area (Å²) in [5.74, 6) is 0. The minimum atomic E-state index is -3.18. The van der Waals surface area contributed by atoms with Crippen LogP contribution in [0.15, 0.2) is 12.1 Å². The quantitative estimate of drug-likeness (QED) is 0.915. The lowest BCUT2D eigenvalue weighted by Crippen LogP contribution is -2.47. The Hall–Kier alpha value is -0.890. The number of thiazole rings is 1.